The van der Waals surface area contributed by atoms with Crippen LogP contribution in [-0.4, -0.2) is 12.4 Å². The smallest absolute Gasteiger partial charge is 0.194 e. The molecule has 0 radical (unpaired) electrons. The summed E-state index contributed by atoms with van der Waals surface area (Å²) in [4.78, 5) is 12.6. The number of benzene rings is 2. The molecular weight excluding hydrogens is 340 g/mol. The average molecular weight is 354 g/mol. The van der Waals surface area contributed by atoms with Crippen LogP contribution in [0.4, 0.5) is 0 Å². The van der Waals surface area contributed by atoms with Crippen LogP contribution in [0.25, 0.3) is 0 Å². The molecule has 20 heavy (non-hydrogen) atoms. The molecule has 0 aromatic heterocycles. The summed E-state index contributed by atoms with van der Waals surface area (Å²) in [6, 6.07) is 10.7. The predicted molar refractivity (Wildman–Crippen MR) is 84.9 cm³/mol. The van der Waals surface area contributed by atoms with Gasteiger partial charge >= 0.3 is 0 Å². The minimum atomic E-state index is -0.0556. The van der Waals surface area contributed by atoms with Crippen molar-refractivity contribution in [1.82, 2.24) is 0 Å². The van der Waals surface area contributed by atoms with E-state index in [0.29, 0.717) is 27.2 Å². The van der Waals surface area contributed by atoms with E-state index < -0.39 is 0 Å². The summed E-state index contributed by atoms with van der Waals surface area (Å²) in [5.41, 5.74) is 2.00. The summed E-state index contributed by atoms with van der Waals surface area (Å²) in [6.45, 7) is 4.35. The minimum absolute atomic E-state index is 0.0556. The van der Waals surface area contributed by atoms with Gasteiger partial charge in [-0.1, -0.05) is 23.7 Å². The van der Waals surface area contributed by atoms with Crippen LogP contribution >= 0.6 is 27.5 Å². The lowest BCUT2D eigenvalue weighted by Crippen LogP contribution is -2.05. The molecule has 0 aliphatic carbocycles. The Bertz CT molecular complexity index is 653. The third-order valence-corrected chi connectivity index (χ3v) is 4.07. The SMILES string of the molecule is CCOc1ccc(C(=O)c2cccc(Cl)c2C)c(Br)c1. The van der Waals surface area contributed by atoms with Crippen LogP contribution in [0, 0.1) is 6.92 Å². The van der Waals surface area contributed by atoms with Crippen LogP contribution in [0.1, 0.15) is 28.4 Å². The van der Waals surface area contributed by atoms with Gasteiger partial charge in [-0.3, -0.25) is 4.79 Å². The van der Waals surface area contributed by atoms with Crippen molar-refractivity contribution < 1.29 is 9.53 Å². The van der Waals surface area contributed by atoms with Gasteiger partial charge in [-0.25, -0.2) is 0 Å². The summed E-state index contributed by atoms with van der Waals surface area (Å²) in [5.74, 6) is 0.679. The third kappa shape index (κ3) is 3.05. The first kappa shape index (κ1) is 15.1. The van der Waals surface area contributed by atoms with E-state index in [9.17, 15) is 4.79 Å². The molecule has 0 spiro atoms. The molecular formula is C16H14BrClO2. The Morgan fingerprint density at radius 1 is 1.25 bits per heavy atom. The van der Waals surface area contributed by atoms with Gasteiger partial charge in [0, 0.05) is 20.6 Å². The van der Waals surface area contributed by atoms with E-state index in [0.717, 1.165) is 11.3 Å². The van der Waals surface area contributed by atoms with Crippen LogP contribution < -0.4 is 4.74 Å². The van der Waals surface area contributed by atoms with Gasteiger partial charge in [0.1, 0.15) is 5.75 Å². The maximum Gasteiger partial charge on any atom is 0.194 e. The predicted octanol–water partition coefficient (Wildman–Crippen LogP) is 5.04. The molecule has 0 fully saturated rings. The van der Waals surface area contributed by atoms with Crippen LogP contribution in [0.5, 0.6) is 5.75 Å². The van der Waals surface area contributed by atoms with Gasteiger partial charge in [0.05, 0.1) is 6.61 Å². The molecule has 0 saturated carbocycles. The number of carbonyl (C=O) groups is 1. The molecule has 0 unspecified atom stereocenters. The fraction of sp³-hybridized carbons (Fsp3) is 0.188. The molecule has 0 aliphatic rings. The molecule has 0 bridgehead atoms. The Labute approximate surface area is 131 Å². The highest BCUT2D eigenvalue weighted by Crippen LogP contribution is 2.27. The summed E-state index contributed by atoms with van der Waals surface area (Å²) in [7, 11) is 0. The molecule has 0 aliphatic heterocycles. The zero-order chi connectivity index (χ0) is 14.7. The van der Waals surface area contributed by atoms with Crippen molar-refractivity contribution in [1.29, 1.82) is 0 Å². The Hall–Kier alpha value is -1.32. The maximum absolute atomic E-state index is 12.6. The minimum Gasteiger partial charge on any atom is -0.494 e. The number of halogens is 2. The average Bonchev–Trinajstić information content (AvgIpc) is 2.42. The largest absolute Gasteiger partial charge is 0.494 e. The molecule has 0 atom stereocenters. The maximum atomic E-state index is 12.6. The molecule has 0 amide bonds. The van der Waals surface area contributed by atoms with E-state index in [1.807, 2.05) is 13.8 Å². The zero-order valence-electron chi connectivity index (χ0n) is 11.2. The van der Waals surface area contributed by atoms with Gasteiger partial charge in [-0.05, 0) is 59.6 Å². The van der Waals surface area contributed by atoms with Crippen molar-refractivity contribution in [2.24, 2.45) is 0 Å². The Morgan fingerprint density at radius 2 is 2.00 bits per heavy atom. The summed E-state index contributed by atoms with van der Waals surface area (Å²) >= 11 is 9.49. The van der Waals surface area contributed by atoms with E-state index in [1.54, 1.807) is 36.4 Å². The molecule has 2 rings (SSSR count). The highest BCUT2D eigenvalue weighted by atomic mass is 79.9. The quantitative estimate of drug-likeness (QED) is 0.720. The molecule has 2 aromatic rings. The zero-order valence-corrected chi connectivity index (χ0v) is 13.6. The van der Waals surface area contributed by atoms with Crippen molar-refractivity contribution in [3.63, 3.8) is 0 Å². The molecule has 2 aromatic carbocycles. The van der Waals surface area contributed by atoms with E-state index in [1.165, 1.54) is 0 Å². The van der Waals surface area contributed by atoms with Gasteiger partial charge < -0.3 is 4.74 Å². The van der Waals surface area contributed by atoms with E-state index in [2.05, 4.69) is 15.9 Å². The topological polar surface area (TPSA) is 26.3 Å². The first-order valence-electron chi connectivity index (χ1n) is 6.26. The number of ketones is 1. The first-order valence-corrected chi connectivity index (χ1v) is 7.44. The van der Waals surface area contributed by atoms with Crippen LogP contribution in [0.15, 0.2) is 40.9 Å². The normalized spacial score (nSPS) is 10.4. The first-order chi connectivity index (χ1) is 9.54. The van der Waals surface area contributed by atoms with Gasteiger partial charge in [0.2, 0.25) is 0 Å². The van der Waals surface area contributed by atoms with Crippen LogP contribution in [-0.2, 0) is 0 Å². The van der Waals surface area contributed by atoms with Crippen molar-refractivity contribution in [3.8, 4) is 5.75 Å². The highest BCUT2D eigenvalue weighted by molar-refractivity contribution is 9.10. The van der Waals surface area contributed by atoms with Gasteiger partial charge in [-0.15, -0.1) is 0 Å². The molecule has 4 heteroatoms. The molecule has 104 valence electrons. The highest BCUT2D eigenvalue weighted by Gasteiger charge is 2.16. The summed E-state index contributed by atoms with van der Waals surface area (Å²) < 4.78 is 6.12. The van der Waals surface area contributed by atoms with Crippen molar-refractivity contribution in [2.45, 2.75) is 13.8 Å². The molecule has 2 nitrogen and oxygen atoms in total. The second-order valence-electron chi connectivity index (χ2n) is 4.32. The second-order valence-corrected chi connectivity index (χ2v) is 5.58. The van der Waals surface area contributed by atoms with Crippen LogP contribution in [0.2, 0.25) is 5.02 Å². The Morgan fingerprint density at radius 3 is 2.65 bits per heavy atom. The monoisotopic (exact) mass is 352 g/mol. The number of hydrogen-bond donors (Lipinski definition) is 0. The lowest BCUT2D eigenvalue weighted by molar-refractivity contribution is 0.103. The molecule has 0 N–H and O–H groups in total. The van der Waals surface area contributed by atoms with Gasteiger partial charge in [0.15, 0.2) is 5.78 Å². The third-order valence-electron chi connectivity index (χ3n) is 3.01. The lowest BCUT2D eigenvalue weighted by atomic mass is 9.99. The van der Waals surface area contributed by atoms with E-state index in [4.69, 9.17) is 16.3 Å². The molecule has 0 heterocycles. The number of rotatable bonds is 4. The van der Waals surface area contributed by atoms with Gasteiger partial charge in [0.25, 0.3) is 0 Å². The summed E-state index contributed by atoms with van der Waals surface area (Å²) in [6.07, 6.45) is 0. The number of carbonyl (C=O) groups excluding carboxylic acids is 1. The van der Waals surface area contributed by atoms with Crippen molar-refractivity contribution in [2.75, 3.05) is 6.61 Å². The Balaban J connectivity index is 2.41. The van der Waals surface area contributed by atoms with Crippen molar-refractivity contribution >= 4 is 33.3 Å². The summed E-state index contributed by atoms with van der Waals surface area (Å²) in [5, 5.41) is 0.595. The van der Waals surface area contributed by atoms with Crippen molar-refractivity contribution in [3.05, 3.63) is 62.6 Å². The van der Waals surface area contributed by atoms with E-state index in [-0.39, 0.29) is 5.78 Å². The second kappa shape index (κ2) is 6.42. The van der Waals surface area contributed by atoms with Crippen LogP contribution in [0.3, 0.4) is 0 Å². The molecule has 0 saturated heterocycles. The van der Waals surface area contributed by atoms with E-state index >= 15 is 0 Å². The van der Waals surface area contributed by atoms with Gasteiger partial charge in [-0.2, -0.15) is 0 Å². The lowest BCUT2D eigenvalue weighted by Gasteiger charge is -2.10. The fourth-order valence-corrected chi connectivity index (χ4v) is 2.65. The fourth-order valence-electron chi connectivity index (χ4n) is 1.93. The number of ether oxygens (including phenoxy) is 1. The standard InChI is InChI=1S/C16H14BrClO2/c1-3-20-11-7-8-13(14(17)9-11)16(19)12-5-4-6-15(18)10(12)2/h4-9H,3H2,1-2H3. The Kier molecular flexibility index (Phi) is 4.84. The number of hydrogen-bond acceptors (Lipinski definition) is 2.